The van der Waals surface area contributed by atoms with Gasteiger partial charge in [0.05, 0.1) is 12.9 Å². The molecule has 2 atom stereocenters. The SMILES string of the molecule is CCCC[C@@H](CCS(C)(=O)=O)Nc1nc(N)nc(C)c1Cc1cc(CC(=O)CCCCC[C@H](NC(C)=O)C(=O)O)ccc1OC. The van der Waals surface area contributed by atoms with E-state index < -0.39 is 21.8 Å². The highest BCUT2D eigenvalue weighted by atomic mass is 32.2. The minimum atomic E-state index is -3.13. The van der Waals surface area contributed by atoms with Crippen LogP contribution in [-0.4, -0.2) is 72.4 Å². The molecule has 12 nitrogen and oxygen atoms in total. The van der Waals surface area contributed by atoms with Gasteiger partial charge in [-0.3, -0.25) is 9.59 Å². The minimum absolute atomic E-state index is 0.0626. The van der Waals surface area contributed by atoms with E-state index in [-0.39, 0.29) is 35.9 Å². The van der Waals surface area contributed by atoms with Crippen LogP contribution in [0.5, 0.6) is 5.75 Å². The number of aliphatic carboxylic acids is 1. The Morgan fingerprint density at radius 3 is 2.42 bits per heavy atom. The number of nitrogens with two attached hydrogens (primary N) is 1. The number of methoxy groups -OCH3 is 1. The second kappa shape index (κ2) is 18.3. The Labute approximate surface area is 266 Å². The van der Waals surface area contributed by atoms with Crippen LogP contribution < -0.4 is 21.1 Å². The highest BCUT2D eigenvalue weighted by Gasteiger charge is 2.20. The van der Waals surface area contributed by atoms with E-state index >= 15 is 0 Å². The zero-order valence-electron chi connectivity index (χ0n) is 27.1. The van der Waals surface area contributed by atoms with Crippen LogP contribution in [0, 0.1) is 6.92 Å². The first-order valence-corrected chi connectivity index (χ1v) is 17.5. The number of carboxylic acid groups (broad SMARTS) is 1. The fourth-order valence-corrected chi connectivity index (χ4v) is 5.89. The maximum absolute atomic E-state index is 12.8. The van der Waals surface area contributed by atoms with Gasteiger partial charge < -0.3 is 26.2 Å². The van der Waals surface area contributed by atoms with Gasteiger partial charge in [0.15, 0.2) is 0 Å². The molecular weight excluding hydrogens is 598 g/mol. The van der Waals surface area contributed by atoms with Gasteiger partial charge in [0.2, 0.25) is 11.9 Å². The molecule has 0 unspecified atom stereocenters. The van der Waals surface area contributed by atoms with Crippen molar-refractivity contribution in [3.8, 4) is 5.75 Å². The van der Waals surface area contributed by atoms with Crippen LogP contribution in [0.15, 0.2) is 18.2 Å². The summed E-state index contributed by atoms with van der Waals surface area (Å²) >= 11 is 0. The first kappa shape index (κ1) is 37.4. The smallest absolute Gasteiger partial charge is 0.326 e. The van der Waals surface area contributed by atoms with Gasteiger partial charge in [-0.2, -0.15) is 4.98 Å². The number of hydrogen-bond donors (Lipinski definition) is 4. The Kier molecular flexibility index (Phi) is 15.2. The van der Waals surface area contributed by atoms with Crippen molar-refractivity contribution in [2.24, 2.45) is 0 Å². The van der Waals surface area contributed by atoms with Gasteiger partial charge in [-0.15, -0.1) is 0 Å². The monoisotopic (exact) mass is 647 g/mol. The minimum Gasteiger partial charge on any atom is -0.496 e. The van der Waals surface area contributed by atoms with Crippen LogP contribution in [0.25, 0.3) is 0 Å². The van der Waals surface area contributed by atoms with Crippen LogP contribution in [-0.2, 0) is 37.1 Å². The molecule has 0 aliphatic carbocycles. The molecule has 1 aromatic heterocycles. The summed E-state index contributed by atoms with van der Waals surface area (Å²) in [5.41, 5.74) is 9.21. The van der Waals surface area contributed by atoms with Crippen molar-refractivity contribution < 1.29 is 32.6 Å². The number of nitrogens with one attached hydrogen (secondary N) is 2. The van der Waals surface area contributed by atoms with Gasteiger partial charge in [0.1, 0.15) is 33.2 Å². The zero-order chi connectivity index (χ0) is 33.6. The Morgan fingerprint density at radius 2 is 1.80 bits per heavy atom. The predicted molar refractivity (Wildman–Crippen MR) is 175 cm³/mol. The quantitative estimate of drug-likeness (QED) is 0.143. The Balaban J connectivity index is 2.14. The molecule has 1 aromatic carbocycles. The molecule has 13 heteroatoms. The van der Waals surface area contributed by atoms with E-state index in [0.29, 0.717) is 62.2 Å². The largest absolute Gasteiger partial charge is 0.496 e. The number of amides is 1. The van der Waals surface area contributed by atoms with Gasteiger partial charge >= 0.3 is 5.97 Å². The van der Waals surface area contributed by atoms with E-state index in [1.165, 1.54) is 13.2 Å². The van der Waals surface area contributed by atoms with Crippen molar-refractivity contribution in [3.05, 3.63) is 40.6 Å². The molecule has 1 heterocycles. The van der Waals surface area contributed by atoms with E-state index in [2.05, 4.69) is 27.5 Å². The number of anilines is 2. The third kappa shape index (κ3) is 13.8. The molecule has 0 fully saturated rings. The molecule has 1 amide bonds. The predicted octanol–water partition coefficient (Wildman–Crippen LogP) is 4.02. The highest BCUT2D eigenvalue weighted by molar-refractivity contribution is 7.90. The zero-order valence-corrected chi connectivity index (χ0v) is 28.0. The molecule has 0 aliphatic rings. The summed E-state index contributed by atoms with van der Waals surface area (Å²) in [4.78, 5) is 44.1. The third-order valence-electron chi connectivity index (χ3n) is 7.55. The average Bonchev–Trinajstić information content (AvgIpc) is 2.94. The first-order valence-electron chi connectivity index (χ1n) is 15.5. The molecule has 5 N–H and O–H groups in total. The number of benzene rings is 1. The first-order chi connectivity index (χ1) is 21.2. The molecule has 0 aliphatic heterocycles. The molecule has 0 bridgehead atoms. The summed E-state index contributed by atoms with van der Waals surface area (Å²) in [5, 5.41) is 15.1. The number of nitrogens with zero attached hydrogens (tertiary/aromatic N) is 2. The third-order valence-corrected chi connectivity index (χ3v) is 8.53. The van der Waals surface area contributed by atoms with Crippen LogP contribution in [0.3, 0.4) is 0 Å². The number of carboxylic acids is 1. The van der Waals surface area contributed by atoms with Crippen molar-refractivity contribution >= 4 is 39.3 Å². The lowest BCUT2D eigenvalue weighted by Crippen LogP contribution is -2.39. The summed E-state index contributed by atoms with van der Waals surface area (Å²) in [6.07, 6.45) is 7.59. The number of unbranched alkanes of at least 4 members (excludes halogenated alkanes) is 3. The summed E-state index contributed by atoms with van der Waals surface area (Å²) in [7, 11) is -1.55. The van der Waals surface area contributed by atoms with E-state index in [9.17, 15) is 27.9 Å². The number of rotatable bonds is 21. The molecule has 45 heavy (non-hydrogen) atoms. The van der Waals surface area contributed by atoms with E-state index in [4.69, 9.17) is 10.5 Å². The number of Topliss-reactive ketones (excluding diaryl/α,β-unsaturated/α-hetero) is 1. The lowest BCUT2D eigenvalue weighted by atomic mass is 9.97. The summed E-state index contributed by atoms with van der Waals surface area (Å²) in [6, 6.07) is 4.61. The maximum Gasteiger partial charge on any atom is 0.326 e. The maximum atomic E-state index is 12.8. The van der Waals surface area contributed by atoms with Crippen molar-refractivity contribution in [3.63, 3.8) is 0 Å². The van der Waals surface area contributed by atoms with Crippen molar-refractivity contribution in [2.45, 2.75) is 103 Å². The van der Waals surface area contributed by atoms with Gasteiger partial charge in [0, 0.05) is 49.7 Å². The molecule has 0 radical (unpaired) electrons. The molecule has 0 spiro atoms. The number of aryl methyl sites for hydroxylation is 1. The molecule has 2 rings (SSSR count). The number of sulfone groups is 1. The van der Waals surface area contributed by atoms with E-state index in [1.54, 1.807) is 7.11 Å². The summed E-state index contributed by atoms with van der Waals surface area (Å²) in [5.74, 6) is 0.0135. The Hall–Kier alpha value is -3.74. The van der Waals surface area contributed by atoms with Crippen LogP contribution in [0.2, 0.25) is 0 Å². The summed E-state index contributed by atoms with van der Waals surface area (Å²) in [6.45, 7) is 5.22. The normalized spacial score (nSPS) is 12.7. The van der Waals surface area contributed by atoms with Crippen LogP contribution >= 0.6 is 0 Å². The highest BCUT2D eigenvalue weighted by Crippen LogP contribution is 2.29. The number of aromatic nitrogens is 2. The number of ether oxygens (including phenoxy) is 1. The fraction of sp³-hybridized carbons (Fsp3) is 0.594. The second-order valence-electron chi connectivity index (χ2n) is 11.6. The van der Waals surface area contributed by atoms with Crippen LogP contribution in [0.1, 0.15) is 94.0 Å². The van der Waals surface area contributed by atoms with E-state index in [1.807, 2.05) is 25.1 Å². The van der Waals surface area contributed by atoms with Crippen LogP contribution in [0.4, 0.5) is 11.8 Å². The van der Waals surface area contributed by atoms with Gasteiger partial charge in [-0.1, -0.05) is 44.7 Å². The Morgan fingerprint density at radius 1 is 1.07 bits per heavy atom. The number of nitrogen functional groups attached to an aromatic ring is 1. The number of ketones is 1. The standard InChI is InChI=1S/C32H49N5O7S/c1-6-7-11-25(16-17-45(5,42)43)36-30-27(21(2)34-32(33)37-30)20-24-18-23(14-15-29(24)44-4)19-26(39)12-9-8-10-13-28(31(40)41)35-22(3)38/h14-15,18,25,28H,6-13,16-17,19-20H2,1-5H3,(H,35,38)(H,40,41)(H3,33,34,36,37)/t25-,28-/m0/s1. The second-order valence-corrected chi connectivity index (χ2v) is 13.9. The van der Waals surface area contributed by atoms with Gasteiger partial charge in [0.25, 0.3) is 0 Å². The van der Waals surface area contributed by atoms with E-state index in [0.717, 1.165) is 36.0 Å². The molecular formula is C32H49N5O7S. The average molecular weight is 648 g/mol. The van der Waals surface area contributed by atoms with Crippen molar-refractivity contribution in [1.29, 1.82) is 0 Å². The van der Waals surface area contributed by atoms with Gasteiger partial charge in [-0.05, 0) is 49.8 Å². The summed E-state index contributed by atoms with van der Waals surface area (Å²) < 4.78 is 29.4. The fourth-order valence-electron chi connectivity index (χ4n) is 5.17. The molecule has 250 valence electrons. The lowest BCUT2D eigenvalue weighted by Gasteiger charge is -2.22. The van der Waals surface area contributed by atoms with Crippen molar-refractivity contribution in [1.82, 2.24) is 15.3 Å². The molecule has 0 saturated carbocycles. The Bertz CT molecular complexity index is 1410. The van der Waals surface area contributed by atoms with Crippen molar-refractivity contribution in [2.75, 3.05) is 30.2 Å². The van der Waals surface area contributed by atoms with Gasteiger partial charge in [-0.25, -0.2) is 18.2 Å². The number of carbonyl (C=O) groups excluding carboxylic acids is 2. The molecule has 0 saturated heterocycles. The topological polar surface area (TPSA) is 191 Å². The number of hydrogen-bond acceptors (Lipinski definition) is 10. The lowest BCUT2D eigenvalue weighted by molar-refractivity contribution is -0.141. The molecule has 2 aromatic rings. The number of carbonyl (C=O) groups is 3.